The van der Waals surface area contributed by atoms with E-state index < -0.39 is 11.7 Å². The first-order valence-electron chi connectivity index (χ1n) is 12.4. The number of carbonyl (C=O) groups excluding carboxylic acids is 1. The molecule has 0 spiro atoms. The average molecular weight is 515 g/mol. The fourth-order valence-corrected chi connectivity index (χ4v) is 5.28. The molecule has 5 rings (SSSR count). The van der Waals surface area contributed by atoms with Crippen molar-refractivity contribution in [3.63, 3.8) is 0 Å². The van der Waals surface area contributed by atoms with Gasteiger partial charge in [0.25, 0.3) is 5.91 Å². The van der Waals surface area contributed by atoms with Crippen LogP contribution in [0, 0.1) is 5.92 Å². The van der Waals surface area contributed by atoms with Crippen LogP contribution in [0.3, 0.4) is 0 Å². The molecule has 2 N–H and O–H groups in total. The van der Waals surface area contributed by atoms with Crippen molar-refractivity contribution in [3.8, 4) is 0 Å². The Kier molecular flexibility index (Phi) is 6.80. The van der Waals surface area contributed by atoms with Crippen molar-refractivity contribution >= 4 is 22.6 Å². The Balaban J connectivity index is 1.50. The Morgan fingerprint density at radius 3 is 2.65 bits per heavy atom. The van der Waals surface area contributed by atoms with E-state index in [0.717, 1.165) is 41.6 Å². The molecule has 37 heavy (non-hydrogen) atoms. The number of alkyl halides is 3. The summed E-state index contributed by atoms with van der Waals surface area (Å²) >= 11 is 0. The van der Waals surface area contributed by atoms with E-state index in [1.165, 1.54) is 6.07 Å². The number of nitrogens with zero attached hydrogens (tertiary/aromatic N) is 3. The number of pyridine rings is 2. The second-order valence-electron chi connectivity index (χ2n) is 9.73. The highest BCUT2D eigenvalue weighted by atomic mass is 19.4. The van der Waals surface area contributed by atoms with Gasteiger partial charge in [0, 0.05) is 42.0 Å². The molecule has 1 unspecified atom stereocenters. The summed E-state index contributed by atoms with van der Waals surface area (Å²) in [6.45, 7) is 5.60. The maximum absolute atomic E-state index is 13.9. The van der Waals surface area contributed by atoms with Crippen LogP contribution in [0.15, 0.2) is 36.5 Å². The highest BCUT2D eigenvalue weighted by Crippen LogP contribution is 2.38. The Morgan fingerprint density at radius 1 is 1.22 bits per heavy atom. The molecule has 7 nitrogen and oxygen atoms in total. The normalized spacial score (nSPS) is 19.1. The molecule has 1 amide bonds. The van der Waals surface area contributed by atoms with Crippen molar-refractivity contribution in [2.24, 2.45) is 5.92 Å². The molecule has 1 fully saturated rings. The summed E-state index contributed by atoms with van der Waals surface area (Å²) < 4.78 is 50.4. The van der Waals surface area contributed by atoms with Gasteiger partial charge >= 0.3 is 6.18 Å². The van der Waals surface area contributed by atoms with Crippen molar-refractivity contribution < 1.29 is 27.4 Å². The first-order valence-corrected chi connectivity index (χ1v) is 12.4. The van der Waals surface area contributed by atoms with Crippen LogP contribution in [0.2, 0.25) is 0 Å². The van der Waals surface area contributed by atoms with E-state index in [2.05, 4.69) is 9.97 Å². The van der Waals surface area contributed by atoms with Crippen LogP contribution in [-0.4, -0.2) is 40.0 Å². The number of halogens is 3. The Bertz CT molecular complexity index is 1310. The Morgan fingerprint density at radius 2 is 1.97 bits per heavy atom. The third-order valence-corrected chi connectivity index (χ3v) is 7.48. The molecule has 2 aliphatic rings. The number of ether oxygens (including phenoxy) is 2. The first kappa shape index (κ1) is 25.4. The van der Waals surface area contributed by atoms with Crippen LogP contribution in [0.4, 0.5) is 19.0 Å². The van der Waals surface area contributed by atoms with Crippen LogP contribution in [0.25, 0.3) is 10.9 Å². The molecule has 1 aromatic carbocycles. The zero-order valence-corrected chi connectivity index (χ0v) is 20.7. The molecule has 10 heteroatoms. The smallest absolute Gasteiger partial charge is 0.383 e. The van der Waals surface area contributed by atoms with Gasteiger partial charge in [0.2, 0.25) is 0 Å². The van der Waals surface area contributed by atoms with E-state index >= 15 is 0 Å². The zero-order chi connectivity index (χ0) is 26.3. The summed E-state index contributed by atoms with van der Waals surface area (Å²) in [4.78, 5) is 24.2. The van der Waals surface area contributed by atoms with E-state index in [9.17, 15) is 18.0 Å². The summed E-state index contributed by atoms with van der Waals surface area (Å²) in [5, 5.41) is 0.811. The number of anilines is 1. The van der Waals surface area contributed by atoms with Crippen LogP contribution in [-0.2, 0) is 28.8 Å². The third kappa shape index (κ3) is 5.00. The molecule has 0 radical (unpaired) electrons. The second kappa shape index (κ2) is 9.90. The molecule has 1 saturated heterocycles. The minimum Gasteiger partial charge on any atom is -0.383 e. The zero-order valence-electron chi connectivity index (χ0n) is 20.7. The quantitative estimate of drug-likeness (QED) is 0.498. The number of nitrogen functional groups attached to an aromatic ring is 1. The largest absolute Gasteiger partial charge is 0.417 e. The minimum atomic E-state index is -4.47. The van der Waals surface area contributed by atoms with Crippen LogP contribution >= 0.6 is 0 Å². The van der Waals surface area contributed by atoms with Gasteiger partial charge in [-0.1, -0.05) is 0 Å². The summed E-state index contributed by atoms with van der Waals surface area (Å²) in [6, 6.07) is 7.46. The lowest BCUT2D eigenvalue weighted by atomic mass is 9.91. The summed E-state index contributed by atoms with van der Waals surface area (Å²) in [6.07, 6.45) is -2.24. The third-order valence-electron chi connectivity index (χ3n) is 7.48. The van der Waals surface area contributed by atoms with Gasteiger partial charge in [-0.3, -0.25) is 9.78 Å². The van der Waals surface area contributed by atoms with Gasteiger partial charge in [0.1, 0.15) is 5.82 Å². The van der Waals surface area contributed by atoms with E-state index in [4.69, 9.17) is 15.2 Å². The van der Waals surface area contributed by atoms with E-state index in [1.807, 2.05) is 19.9 Å². The van der Waals surface area contributed by atoms with Gasteiger partial charge < -0.3 is 20.1 Å². The van der Waals surface area contributed by atoms with Crippen LogP contribution in [0.1, 0.15) is 65.5 Å². The molecule has 2 aromatic heterocycles. The van der Waals surface area contributed by atoms with Crippen molar-refractivity contribution in [1.29, 1.82) is 0 Å². The number of fused-ring (bicyclic) bond motifs is 3. The molecule has 196 valence electrons. The number of benzene rings is 1. The van der Waals surface area contributed by atoms with Gasteiger partial charge in [-0.15, -0.1) is 0 Å². The van der Waals surface area contributed by atoms with E-state index in [1.54, 1.807) is 17.0 Å². The van der Waals surface area contributed by atoms with Crippen molar-refractivity contribution in [1.82, 2.24) is 14.9 Å². The average Bonchev–Trinajstić information content (AvgIpc) is 3.29. The molecule has 2 aliphatic heterocycles. The predicted molar refractivity (Wildman–Crippen MR) is 131 cm³/mol. The molecule has 0 bridgehead atoms. The summed E-state index contributed by atoms with van der Waals surface area (Å²) in [7, 11) is 0. The highest BCUT2D eigenvalue weighted by molar-refractivity contribution is 5.99. The highest BCUT2D eigenvalue weighted by Gasteiger charge is 2.33. The SMILES string of the molecule is CC(C1CCOCC1)N(Cc1ccc(C(F)(F)F)cn1)C(=O)c1ccc2nc(N)c3c(c2c1)CO[C@@H]3C. The lowest BCUT2D eigenvalue weighted by Crippen LogP contribution is -2.44. The molecular formula is C27H29F3N4O3. The summed E-state index contributed by atoms with van der Waals surface area (Å²) in [5.74, 6) is 0.405. The van der Waals surface area contributed by atoms with Crippen molar-refractivity contribution in [2.75, 3.05) is 18.9 Å². The van der Waals surface area contributed by atoms with Gasteiger partial charge in [0.05, 0.1) is 36.0 Å². The van der Waals surface area contributed by atoms with Crippen LogP contribution < -0.4 is 5.73 Å². The molecule has 4 heterocycles. The molecule has 3 aromatic rings. The molecule has 0 aliphatic carbocycles. The first-order chi connectivity index (χ1) is 17.6. The van der Waals surface area contributed by atoms with Gasteiger partial charge in [-0.05, 0) is 68.5 Å². The molecule has 2 atom stereocenters. The number of amides is 1. The fraction of sp³-hybridized carbons (Fsp3) is 0.444. The number of hydrogen-bond donors (Lipinski definition) is 1. The second-order valence-corrected chi connectivity index (χ2v) is 9.73. The van der Waals surface area contributed by atoms with Gasteiger partial charge in [-0.2, -0.15) is 13.2 Å². The summed E-state index contributed by atoms with van der Waals surface area (Å²) in [5.41, 5.74) is 8.65. The lowest BCUT2D eigenvalue weighted by molar-refractivity contribution is -0.137. The van der Waals surface area contributed by atoms with E-state index in [0.29, 0.717) is 42.4 Å². The van der Waals surface area contributed by atoms with Crippen molar-refractivity contribution in [2.45, 2.75) is 58.2 Å². The van der Waals surface area contributed by atoms with Gasteiger partial charge in [-0.25, -0.2) is 4.98 Å². The Labute approximate surface area is 212 Å². The topological polar surface area (TPSA) is 90.6 Å². The van der Waals surface area contributed by atoms with Crippen molar-refractivity contribution in [3.05, 3.63) is 64.5 Å². The standard InChI is InChI=1S/C27H29F3N4O3/c1-15(17-7-9-36-10-8-17)34(13-20-5-4-19(12-32-20)27(28,29)30)26(35)18-3-6-23-21(11-18)22-14-37-16(2)24(22)25(31)33-23/h3-6,11-12,15-17H,7-10,13-14H2,1-2H3,(H2,31,33)/t15?,16-/m1/s1. The predicted octanol–water partition coefficient (Wildman–Crippen LogP) is 5.28. The number of rotatable bonds is 5. The van der Waals surface area contributed by atoms with E-state index in [-0.39, 0.29) is 30.5 Å². The number of nitrogens with two attached hydrogens (primary N) is 1. The molecular weight excluding hydrogens is 485 g/mol. The fourth-order valence-electron chi connectivity index (χ4n) is 5.28. The maximum atomic E-state index is 13.9. The lowest BCUT2D eigenvalue weighted by Gasteiger charge is -2.36. The Hall–Kier alpha value is -3.24. The number of carbonyl (C=O) groups is 1. The number of aromatic nitrogens is 2. The molecule has 0 saturated carbocycles. The maximum Gasteiger partial charge on any atom is 0.417 e. The monoisotopic (exact) mass is 514 g/mol. The van der Waals surface area contributed by atoms with Gasteiger partial charge in [0.15, 0.2) is 0 Å². The minimum absolute atomic E-state index is 0.0891. The number of hydrogen-bond acceptors (Lipinski definition) is 6. The van der Waals surface area contributed by atoms with Crippen LogP contribution in [0.5, 0.6) is 0 Å².